The molecule has 1 N–H and O–H groups in total. The number of rotatable bonds is 6. The molecule has 2 heterocycles. The van der Waals surface area contributed by atoms with Crippen LogP contribution in [0.4, 0.5) is 0 Å². The van der Waals surface area contributed by atoms with E-state index in [0.29, 0.717) is 0 Å². The third-order valence-corrected chi connectivity index (χ3v) is 3.06. The summed E-state index contributed by atoms with van der Waals surface area (Å²) in [7, 11) is 0. The molecule has 0 amide bonds. The summed E-state index contributed by atoms with van der Waals surface area (Å²) in [6, 6.07) is 6.20. The highest BCUT2D eigenvalue weighted by molar-refractivity contribution is 7.09. The summed E-state index contributed by atoms with van der Waals surface area (Å²) in [4.78, 5) is 1.40. The molecule has 0 aliphatic carbocycles. The van der Waals surface area contributed by atoms with Crippen LogP contribution < -0.4 is 5.32 Å². The van der Waals surface area contributed by atoms with Gasteiger partial charge in [-0.25, -0.2) is 0 Å². The fraction of sp³-hybridized carbons (Fsp3) is 0.364. The number of nitrogens with one attached hydrogen (secondary N) is 1. The summed E-state index contributed by atoms with van der Waals surface area (Å²) in [5, 5.41) is 9.69. The largest absolute Gasteiger partial charge is 0.312 e. The third-order valence-electron chi connectivity index (χ3n) is 2.18. The van der Waals surface area contributed by atoms with Crippen LogP contribution in [-0.4, -0.2) is 16.3 Å². The Labute approximate surface area is 93.7 Å². The van der Waals surface area contributed by atoms with Crippen LogP contribution in [0.1, 0.15) is 11.3 Å². The van der Waals surface area contributed by atoms with Gasteiger partial charge in [-0.15, -0.1) is 11.3 Å². The Morgan fingerprint density at radius 1 is 1.40 bits per heavy atom. The van der Waals surface area contributed by atoms with Crippen LogP contribution in [0.15, 0.2) is 36.0 Å². The molecule has 4 heteroatoms. The lowest BCUT2D eigenvalue weighted by Crippen LogP contribution is -2.15. The minimum Gasteiger partial charge on any atom is -0.312 e. The maximum atomic E-state index is 4.15. The van der Waals surface area contributed by atoms with E-state index in [4.69, 9.17) is 0 Å². The van der Waals surface area contributed by atoms with E-state index in [1.807, 2.05) is 23.1 Å². The number of aryl methyl sites for hydroxylation is 1. The quantitative estimate of drug-likeness (QED) is 0.757. The number of nitrogens with zero attached hydrogens (tertiary/aromatic N) is 2. The first kappa shape index (κ1) is 10.4. The summed E-state index contributed by atoms with van der Waals surface area (Å²) in [6.07, 6.45) is 4.94. The van der Waals surface area contributed by atoms with Crippen molar-refractivity contribution in [3.8, 4) is 0 Å². The van der Waals surface area contributed by atoms with Crippen LogP contribution in [0.5, 0.6) is 0 Å². The normalized spacial score (nSPS) is 10.7. The molecule has 15 heavy (non-hydrogen) atoms. The molecular weight excluding hydrogens is 206 g/mol. The van der Waals surface area contributed by atoms with Crippen molar-refractivity contribution in [2.75, 3.05) is 6.54 Å². The van der Waals surface area contributed by atoms with E-state index >= 15 is 0 Å². The molecule has 0 bridgehead atoms. The molecule has 0 aliphatic heterocycles. The van der Waals surface area contributed by atoms with Crippen LogP contribution in [0, 0.1) is 0 Å². The minimum absolute atomic E-state index is 0.983. The lowest BCUT2D eigenvalue weighted by atomic mass is 10.4. The monoisotopic (exact) mass is 221 g/mol. The van der Waals surface area contributed by atoms with Crippen molar-refractivity contribution in [2.24, 2.45) is 0 Å². The Hall–Kier alpha value is -1.13. The van der Waals surface area contributed by atoms with E-state index in [2.05, 4.69) is 27.9 Å². The van der Waals surface area contributed by atoms with Crippen molar-refractivity contribution in [3.63, 3.8) is 0 Å². The first-order valence-electron chi connectivity index (χ1n) is 5.16. The van der Waals surface area contributed by atoms with Gasteiger partial charge in [0.25, 0.3) is 0 Å². The van der Waals surface area contributed by atoms with Crippen LogP contribution in [-0.2, 0) is 13.1 Å². The summed E-state index contributed by atoms with van der Waals surface area (Å²) in [5.74, 6) is 0. The smallest absolute Gasteiger partial charge is 0.0489 e. The Morgan fingerprint density at radius 3 is 3.13 bits per heavy atom. The molecule has 80 valence electrons. The van der Waals surface area contributed by atoms with Crippen molar-refractivity contribution >= 4 is 11.3 Å². The molecule has 0 saturated carbocycles. The fourth-order valence-corrected chi connectivity index (χ4v) is 2.10. The second kappa shape index (κ2) is 5.68. The molecule has 3 nitrogen and oxygen atoms in total. The van der Waals surface area contributed by atoms with Gasteiger partial charge in [0.2, 0.25) is 0 Å². The van der Waals surface area contributed by atoms with E-state index in [9.17, 15) is 0 Å². The van der Waals surface area contributed by atoms with Crippen molar-refractivity contribution in [2.45, 2.75) is 19.5 Å². The average molecular weight is 221 g/mol. The Kier molecular flexibility index (Phi) is 3.93. The van der Waals surface area contributed by atoms with Crippen LogP contribution in [0.3, 0.4) is 0 Å². The van der Waals surface area contributed by atoms with E-state index < -0.39 is 0 Å². The first-order chi connectivity index (χ1) is 7.45. The maximum absolute atomic E-state index is 4.15. The second-order valence-electron chi connectivity index (χ2n) is 3.38. The third kappa shape index (κ3) is 3.49. The SMILES string of the molecule is c1csc(CNCCCn2cccn2)c1. The van der Waals surface area contributed by atoms with Crippen LogP contribution in [0.2, 0.25) is 0 Å². The summed E-state index contributed by atoms with van der Waals surface area (Å²) in [6.45, 7) is 3.01. The molecule has 0 radical (unpaired) electrons. The molecule has 0 aliphatic rings. The molecule has 0 fully saturated rings. The van der Waals surface area contributed by atoms with E-state index in [0.717, 1.165) is 26.1 Å². The second-order valence-corrected chi connectivity index (χ2v) is 4.41. The summed E-state index contributed by atoms with van der Waals surface area (Å²) >= 11 is 1.80. The average Bonchev–Trinajstić information content (AvgIpc) is 2.88. The van der Waals surface area contributed by atoms with E-state index in [1.54, 1.807) is 11.3 Å². The van der Waals surface area contributed by atoms with Gasteiger partial charge in [0.1, 0.15) is 0 Å². The van der Waals surface area contributed by atoms with Crippen molar-refractivity contribution in [3.05, 3.63) is 40.8 Å². The Morgan fingerprint density at radius 2 is 2.40 bits per heavy atom. The highest BCUT2D eigenvalue weighted by Crippen LogP contribution is 2.07. The topological polar surface area (TPSA) is 29.9 Å². The Bertz CT molecular complexity index is 317. The standard InChI is InChI=1S/C11H15N3S/c1-4-11(15-9-1)10-12-5-2-7-14-8-3-6-13-14/h1,3-4,6,8-9,12H,2,5,7,10H2. The summed E-state index contributed by atoms with van der Waals surface area (Å²) in [5.41, 5.74) is 0. The zero-order chi connectivity index (χ0) is 10.3. The molecule has 2 rings (SSSR count). The number of hydrogen-bond acceptors (Lipinski definition) is 3. The number of aromatic nitrogens is 2. The van der Waals surface area contributed by atoms with Crippen molar-refractivity contribution in [1.29, 1.82) is 0 Å². The predicted molar refractivity (Wildman–Crippen MR) is 62.9 cm³/mol. The maximum Gasteiger partial charge on any atom is 0.0489 e. The molecule has 0 atom stereocenters. The Balaban J connectivity index is 1.56. The lowest BCUT2D eigenvalue weighted by molar-refractivity contribution is 0.544. The molecule has 2 aromatic heterocycles. The highest BCUT2D eigenvalue weighted by atomic mass is 32.1. The van der Waals surface area contributed by atoms with Crippen LogP contribution in [0.25, 0.3) is 0 Å². The number of thiophene rings is 1. The number of hydrogen-bond donors (Lipinski definition) is 1. The zero-order valence-electron chi connectivity index (χ0n) is 8.60. The van der Waals surface area contributed by atoms with Gasteiger partial charge in [-0.05, 0) is 30.5 Å². The van der Waals surface area contributed by atoms with Gasteiger partial charge in [0, 0.05) is 30.4 Å². The van der Waals surface area contributed by atoms with Gasteiger partial charge in [0.15, 0.2) is 0 Å². The minimum atomic E-state index is 0.983. The van der Waals surface area contributed by atoms with Crippen molar-refractivity contribution < 1.29 is 0 Å². The van der Waals surface area contributed by atoms with E-state index in [-0.39, 0.29) is 0 Å². The zero-order valence-corrected chi connectivity index (χ0v) is 9.41. The van der Waals surface area contributed by atoms with Gasteiger partial charge in [-0.1, -0.05) is 6.07 Å². The highest BCUT2D eigenvalue weighted by Gasteiger charge is 1.93. The fourth-order valence-electron chi connectivity index (χ4n) is 1.42. The lowest BCUT2D eigenvalue weighted by Gasteiger charge is -2.03. The van der Waals surface area contributed by atoms with Crippen molar-refractivity contribution in [1.82, 2.24) is 15.1 Å². The molecule has 2 aromatic rings. The molecule has 0 spiro atoms. The summed E-state index contributed by atoms with van der Waals surface area (Å²) < 4.78 is 1.97. The predicted octanol–water partition coefficient (Wildman–Crippen LogP) is 2.12. The molecule has 0 unspecified atom stereocenters. The van der Waals surface area contributed by atoms with E-state index in [1.165, 1.54) is 4.88 Å². The van der Waals surface area contributed by atoms with Gasteiger partial charge in [-0.3, -0.25) is 4.68 Å². The van der Waals surface area contributed by atoms with Gasteiger partial charge in [0.05, 0.1) is 0 Å². The first-order valence-corrected chi connectivity index (χ1v) is 6.03. The van der Waals surface area contributed by atoms with Gasteiger partial charge >= 0.3 is 0 Å². The van der Waals surface area contributed by atoms with Gasteiger partial charge < -0.3 is 5.32 Å². The molecular formula is C11H15N3S. The molecule has 0 aromatic carbocycles. The van der Waals surface area contributed by atoms with Crippen LogP contribution >= 0.6 is 11.3 Å². The molecule has 0 saturated heterocycles. The van der Waals surface area contributed by atoms with Gasteiger partial charge in [-0.2, -0.15) is 5.10 Å².